The number of nitro benzene ring substituents is 1. The van der Waals surface area contributed by atoms with E-state index in [-0.39, 0.29) is 24.7 Å². The van der Waals surface area contributed by atoms with Gasteiger partial charge in [-0.1, -0.05) is 90.4 Å². The summed E-state index contributed by atoms with van der Waals surface area (Å²) in [5, 5.41) is 11.3. The summed E-state index contributed by atoms with van der Waals surface area (Å²) in [7, 11) is -3.08. The van der Waals surface area contributed by atoms with Crippen LogP contribution in [0.1, 0.15) is 104 Å². The number of carbonyl (C=O) groups is 1. The lowest BCUT2D eigenvalue weighted by Crippen LogP contribution is -2.18. The zero-order chi connectivity index (χ0) is 31.5. The van der Waals surface area contributed by atoms with Gasteiger partial charge in [-0.2, -0.15) is 12.8 Å². The Hall–Kier alpha value is -3.05. The van der Waals surface area contributed by atoms with Gasteiger partial charge in [-0.3, -0.25) is 14.9 Å². The van der Waals surface area contributed by atoms with Crippen LogP contribution in [0.5, 0.6) is 5.75 Å². The lowest BCUT2D eigenvalue weighted by molar-refractivity contribution is -0.385. The molecule has 1 aliphatic carbocycles. The summed E-state index contributed by atoms with van der Waals surface area (Å²) >= 11 is 0. The van der Waals surface area contributed by atoms with Crippen LogP contribution in [-0.2, 0) is 24.3 Å². The monoisotopic (exact) mass is 620 g/mol. The lowest BCUT2D eigenvalue weighted by Gasteiger charge is -2.15. The number of unbranched alkanes of at least 4 members (excludes halogenated alkanes) is 13. The van der Waals surface area contributed by atoms with Crippen molar-refractivity contribution in [3.63, 3.8) is 0 Å². The van der Waals surface area contributed by atoms with Gasteiger partial charge in [-0.05, 0) is 31.1 Å². The number of nitro groups is 1. The highest BCUT2D eigenvalue weighted by molar-refractivity contribution is 7.90. The fourth-order valence-electron chi connectivity index (χ4n) is 4.70. The number of sulfonamides is 1. The van der Waals surface area contributed by atoms with Gasteiger partial charge in [0.25, 0.3) is 15.7 Å². The van der Waals surface area contributed by atoms with Crippen molar-refractivity contribution in [2.45, 2.75) is 109 Å². The summed E-state index contributed by atoms with van der Waals surface area (Å²) in [6.07, 6.45) is 20.1. The number of rotatable bonds is 23. The van der Waals surface area contributed by atoms with Crippen LogP contribution in [-0.4, -0.2) is 51.8 Å². The van der Waals surface area contributed by atoms with E-state index < -0.39 is 31.3 Å². The van der Waals surface area contributed by atoms with Gasteiger partial charge < -0.3 is 14.2 Å². The molecule has 0 unspecified atom stereocenters. The van der Waals surface area contributed by atoms with Crippen LogP contribution in [0.4, 0.5) is 5.69 Å². The van der Waals surface area contributed by atoms with Crippen molar-refractivity contribution < 1.29 is 32.3 Å². The van der Waals surface area contributed by atoms with E-state index in [0.717, 1.165) is 31.4 Å². The van der Waals surface area contributed by atoms with Crippen LogP contribution in [0.2, 0.25) is 0 Å². The largest absolute Gasteiger partial charge is 0.493 e. The fourth-order valence-corrected chi connectivity index (χ4v) is 5.85. The van der Waals surface area contributed by atoms with Crippen LogP contribution in [0.3, 0.4) is 0 Å². The van der Waals surface area contributed by atoms with Gasteiger partial charge in [-0.15, -0.1) is 0 Å². The van der Waals surface area contributed by atoms with Crippen molar-refractivity contribution >= 4 is 27.2 Å². The van der Waals surface area contributed by atoms with Crippen molar-refractivity contribution in [1.82, 2.24) is 0 Å². The zero-order valence-electron chi connectivity index (χ0n) is 26.0. The summed E-state index contributed by atoms with van der Waals surface area (Å²) in [6.45, 7) is 4.59. The molecule has 0 saturated carbocycles. The van der Waals surface area contributed by atoms with Crippen LogP contribution in [0.25, 0.3) is 0 Å². The van der Waals surface area contributed by atoms with E-state index in [2.05, 4.69) is 11.3 Å². The number of methoxy groups -OCH3 is 1. The summed E-state index contributed by atoms with van der Waals surface area (Å²) in [5.74, 6) is -0.351. The molecule has 0 fully saturated rings. The molecule has 0 aliphatic heterocycles. The van der Waals surface area contributed by atoms with Gasteiger partial charge in [0.15, 0.2) is 0 Å². The molecule has 1 aliphatic rings. The summed E-state index contributed by atoms with van der Waals surface area (Å²) in [5.41, 5.74) is -0.210. The Morgan fingerprint density at radius 2 is 1.40 bits per heavy atom. The smallest absolute Gasteiger partial charge is 0.286 e. The van der Waals surface area contributed by atoms with Crippen molar-refractivity contribution in [2.75, 3.05) is 26.9 Å². The maximum absolute atomic E-state index is 13.2. The molecule has 240 valence electrons. The van der Waals surface area contributed by atoms with E-state index >= 15 is 0 Å². The highest BCUT2D eigenvalue weighted by atomic mass is 32.2. The number of carbonyl (C=O) groups excluding carboxylic acids is 1. The van der Waals surface area contributed by atoms with Crippen LogP contribution >= 0.6 is 0 Å². The summed E-state index contributed by atoms with van der Waals surface area (Å²) in [6, 6.07) is 3.19. The topological polar surface area (TPSA) is 134 Å². The van der Waals surface area contributed by atoms with E-state index in [0.29, 0.717) is 17.9 Å². The van der Waals surface area contributed by atoms with Gasteiger partial charge in [0.05, 0.1) is 18.1 Å². The number of ketones is 1. The van der Waals surface area contributed by atoms with E-state index in [1.165, 1.54) is 96.0 Å². The Kier molecular flexibility index (Phi) is 16.8. The molecule has 2 rings (SSSR count). The Bertz CT molecular complexity index is 1240. The second-order valence-corrected chi connectivity index (χ2v) is 12.4. The molecule has 0 bridgehead atoms. The predicted molar refractivity (Wildman–Crippen MR) is 168 cm³/mol. The fraction of sp³-hybridized carbons (Fsp3) is 0.625. The molecule has 0 atom stereocenters. The van der Waals surface area contributed by atoms with E-state index in [1.807, 2.05) is 0 Å². The number of benzene rings is 1. The molecule has 1 aromatic carbocycles. The first-order valence-corrected chi connectivity index (χ1v) is 17.0. The quantitative estimate of drug-likeness (QED) is 0.0527. The Labute approximate surface area is 256 Å². The SMILES string of the molecule is CCCCCCCCCCCCCCCCOC1=C/C(=N\S(=O)(=O)c2cc([N+](=O)[O-])ccc2OCCOC)C(=O)C=C1C. The highest BCUT2D eigenvalue weighted by Gasteiger charge is 2.26. The third kappa shape index (κ3) is 13.4. The molecular weight excluding hydrogens is 572 g/mol. The average Bonchev–Trinajstić information content (AvgIpc) is 2.97. The van der Waals surface area contributed by atoms with Crippen LogP contribution in [0, 0.1) is 10.1 Å². The van der Waals surface area contributed by atoms with E-state index in [1.54, 1.807) is 6.92 Å². The van der Waals surface area contributed by atoms with Crippen molar-refractivity contribution in [2.24, 2.45) is 4.40 Å². The first-order chi connectivity index (χ1) is 20.7. The van der Waals surface area contributed by atoms with E-state index in [9.17, 15) is 23.3 Å². The molecule has 10 nitrogen and oxygen atoms in total. The molecule has 0 N–H and O–H groups in total. The zero-order valence-corrected chi connectivity index (χ0v) is 26.8. The highest BCUT2D eigenvalue weighted by Crippen LogP contribution is 2.30. The third-order valence-electron chi connectivity index (χ3n) is 7.19. The molecule has 0 amide bonds. The Morgan fingerprint density at radius 3 is 1.95 bits per heavy atom. The van der Waals surface area contributed by atoms with Crippen molar-refractivity contribution in [1.29, 1.82) is 0 Å². The van der Waals surface area contributed by atoms with Crippen molar-refractivity contribution in [3.05, 3.63) is 51.8 Å². The van der Waals surface area contributed by atoms with Gasteiger partial charge >= 0.3 is 0 Å². The molecule has 0 heterocycles. The van der Waals surface area contributed by atoms with Gasteiger partial charge in [0.2, 0.25) is 5.78 Å². The predicted octanol–water partition coefficient (Wildman–Crippen LogP) is 7.66. The van der Waals surface area contributed by atoms with Gasteiger partial charge in [-0.25, -0.2) is 0 Å². The average molecular weight is 621 g/mol. The minimum atomic E-state index is -4.54. The normalized spacial score (nSPS) is 14.5. The van der Waals surface area contributed by atoms with Gasteiger partial charge in [0.1, 0.15) is 28.7 Å². The molecule has 0 radical (unpaired) electrons. The Morgan fingerprint density at radius 1 is 0.814 bits per heavy atom. The second kappa shape index (κ2) is 20.0. The lowest BCUT2D eigenvalue weighted by atomic mass is 10.0. The minimum absolute atomic E-state index is 0.0193. The third-order valence-corrected chi connectivity index (χ3v) is 8.50. The van der Waals surface area contributed by atoms with Gasteiger partial charge in [0, 0.05) is 25.3 Å². The first-order valence-electron chi connectivity index (χ1n) is 15.5. The maximum Gasteiger partial charge on any atom is 0.286 e. The second-order valence-electron chi connectivity index (χ2n) is 10.8. The number of hydrogen-bond acceptors (Lipinski definition) is 8. The molecule has 43 heavy (non-hydrogen) atoms. The van der Waals surface area contributed by atoms with E-state index in [4.69, 9.17) is 14.2 Å². The van der Waals surface area contributed by atoms with Crippen LogP contribution < -0.4 is 4.74 Å². The Balaban J connectivity index is 1.88. The number of nitrogens with zero attached hydrogens (tertiary/aromatic N) is 2. The molecule has 11 heteroatoms. The molecular formula is C32H48N2O8S. The first kappa shape index (κ1) is 36.1. The maximum atomic E-state index is 13.2. The molecule has 0 saturated heterocycles. The molecule has 0 aromatic heterocycles. The minimum Gasteiger partial charge on any atom is -0.493 e. The standard InChI is InChI=1S/C32H48N2O8S/c1-4-5-6-7-8-9-10-11-12-13-14-15-16-17-20-41-31-25-28(29(35)23-26(31)2)33-43(38,39)32-24-27(34(36)37)18-19-30(32)42-22-21-40-3/h18-19,23-25H,4-17,20-22H2,1-3H3/b33-28+. The summed E-state index contributed by atoms with van der Waals surface area (Å²) < 4.78 is 46.4. The summed E-state index contributed by atoms with van der Waals surface area (Å²) in [4.78, 5) is 22.7. The number of non-ortho nitro benzene ring substituents is 1. The molecule has 0 spiro atoms. The molecule has 1 aromatic rings. The number of ether oxygens (including phenoxy) is 3. The number of allylic oxidation sites excluding steroid dienone is 3. The van der Waals surface area contributed by atoms with Crippen molar-refractivity contribution in [3.8, 4) is 5.75 Å². The number of hydrogen-bond donors (Lipinski definition) is 0. The van der Waals surface area contributed by atoms with Crippen LogP contribution in [0.15, 0.2) is 51.0 Å².